The van der Waals surface area contributed by atoms with Gasteiger partial charge in [-0.15, -0.1) is 0 Å². The lowest BCUT2D eigenvalue weighted by Gasteiger charge is -2.58. The van der Waals surface area contributed by atoms with Crippen LogP contribution in [0.4, 0.5) is 0 Å². The summed E-state index contributed by atoms with van der Waals surface area (Å²) in [6, 6.07) is 0. The molecule has 4 aliphatic carbocycles. The van der Waals surface area contributed by atoms with Gasteiger partial charge in [0.1, 0.15) is 24.4 Å². The summed E-state index contributed by atoms with van der Waals surface area (Å²) in [5.74, 6) is 3.28. The monoisotopic (exact) mass is 576 g/mol. The first-order chi connectivity index (χ1) is 19.5. The molecule has 0 aromatic carbocycles. The highest BCUT2D eigenvalue weighted by atomic mass is 16.7. The molecule has 0 radical (unpaired) electrons. The normalized spacial score (nSPS) is 58.3. The van der Waals surface area contributed by atoms with Gasteiger partial charge in [0.05, 0.1) is 25.4 Å². The minimum Gasteiger partial charge on any atom is -0.394 e. The van der Waals surface area contributed by atoms with E-state index in [1.54, 1.807) is 0 Å². The van der Waals surface area contributed by atoms with Gasteiger partial charge in [0.2, 0.25) is 0 Å². The molecule has 0 aromatic rings. The van der Waals surface area contributed by atoms with Crippen molar-refractivity contribution in [1.82, 2.24) is 0 Å². The molecule has 232 valence electrons. The van der Waals surface area contributed by atoms with Crippen LogP contribution in [-0.4, -0.2) is 82.3 Å². The van der Waals surface area contributed by atoms with Gasteiger partial charge in [-0.2, -0.15) is 0 Å². The number of aliphatic hydroxyl groups excluding tert-OH is 4. The maximum atomic E-state index is 10.5. The summed E-state index contributed by atoms with van der Waals surface area (Å²) in [5.41, 5.74) is 1.91. The van der Waals surface area contributed by atoms with Gasteiger partial charge in [0, 0.05) is 12.3 Å². The molecule has 0 aromatic heterocycles. The van der Waals surface area contributed by atoms with Crippen molar-refractivity contribution in [3.8, 4) is 0 Å². The van der Waals surface area contributed by atoms with Crippen molar-refractivity contribution >= 4 is 0 Å². The lowest BCUT2D eigenvalue weighted by Crippen LogP contribution is -2.60. The largest absolute Gasteiger partial charge is 0.394 e. The molecule has 4 N–H and O–H groups in total. The highest BCUT2D eigenvalue weighted by Gasteiger charge is 2.68. The van der Waals surface area contributed by atoms with Crippen molar-refractivity contribution in [3.63, 3.8) is 0 Å². The predicted molar refractivity (Wildman–Crippen MR) is 150 cm³/mol. The fourth-order valence-corrected chi connectivity index (χ4v) is 11.1. The maximum absolute atomic E-state index is 10.5. The second-order valence-electron chi connectivity index (χ2n) is 15.5. The van der Waals surface area contributed by atoms with Crippen molar-refractivity contribution in [2.45, 2.75) is 134 Å². The van der Waals surface area contributed by atoms with Gasteiger partial charge in [-0.1, -0.05) is 39.3 Å². The van der Waals surface area contributed by atoms with E-state index >= 15 is 0 Å². The van der Waals surface area contributed by atoms with Crippen LogP contribution in [0.1, 0.15) is 85.5 Å². The van der Waals surface area contributed by atoms with Crippen LogP contribution in [0.2, 0.25) is 0 Å². The highest BCUT2D eigenvalue weighted by Crippen LogP contribution is 2.70. The summed E-state index contributed by atoms with van der Waals surface area (Å²) in [4.78, 5) is 0. The molecule has 6 fully saturated rings. The summed E-state index contributed by atoms with van der Waals surface area (Å²) in [6.07, 6.45) is 6.24. The Morgan fingerprint density at radius 1 is 0.976 bits per heavy atom. The SMILES string of the molecule is C[C@H]1CC[C@]2(OC1)O[C@@H]1C[C@@H]3[C@H]4CC=C5C[C@H](O[C@H]6O[C@@H](CO)[C@H](O)[C@@H](O)[C@@H]6O)CC[C@@]5(C)[C@@H]4CC[C@@]3(C)[C@@H]1[C@H]2C. The Morgan fingerprint density at radius 2 is 1.78 bits per heavy atom. The predicted octanol–water partition coefficient (Wildman–Crippen LogP) is 3.54. The van der Waals surface area contributed by atoms with Crippen molar-refractivity contribution in [2.24, 2.45) is 46.3 Å². The van der Waals surface area contributed by atoms with Crippen molar-refractivity contribution in [1.29, 1.82) is 0 Å². The molecule has 8 nitrogen and oxygen atoms in total. The summed E-state index contributed by atoms with van der Waals surface area (Å²) >= 11 is 0. The van der Waals surface area contributed by atoms with Gasteiger partial charge in [0.15, 0.2) is 12.1 Å². The molecule has 0 amide bonds. The van der Waals surface area contributed by atoms with Crippen molar-refractivity contribution < 1.29 is 39.4 Å². The maximum Gasteiger partial charge on any atom is 0.186 e. The topological polar surface area (TPSA) is 118 Å². The average molecular weight is 577 g/mol. The molecule has 3 aliphatic heterocycles. The Labute approximate surface area is 244 Å². The molecule has 41 heavy (non-hydrogen) atoms. The van der Waals surface area contributed by atoms with E-state index in [4.69, 9.17) is 18.9 Å². The molecular formula is C33H52O8. The van der Waals surface area contributed by atoms with Crippen LogP contribution < -0.4 is 0 Å². The molecule has 16 atom stereocenters. The quantitative estimate of drug-likeness (QED) is 0.377. The average Bonchev–Trinajstić information content (AvgIpc) is 3.40. The molecule has 7 rings (SSSR count). The number of ether oxygens (including phenoxy) is 4. The summed E-state index contributed by atoms with van der Waals surface area (Å²) in [5, 5.41) is 40.4. The molecule has 3 saturated carbocycles. The summed E-state index contributed by atoms with van der Waals surface area (Å²) in [7, 11) is 0. The van der Waals surface area contributed by atoms with Gasteiger partial charge in [0.25, 0.3) is 0 Å². The van der Waals surface area contributed by atoms with Crippen molar-refractivity contribution in [3.05, 3.63) is 11.6 Å². The number of rotatable bonds is 3. The Balaban J connectivity index is 1.05. The fourth-order valence-electron chi connectivity index (χ4n) is 11.1. The lowest BCUT2D eigenvalue weighted by molar-refractivity contribution is -0.313. The van der Waals surface area contributed by atoms with Crippen LogP contribution in [0.15, 0.2) is 11.6 Å². The second kappa shape index (κ2) is 10.2. The first-order valence-corrected chi connectivity index (χ1v) is 16.5. The first kappa shape index (κ1) is 29.1. The number of allylic oxidation sites excluding steroid dienone is 1. The van der Waals surface area contributed by atoms with E-state index in [9.17, 15) is 20.4 Å². The van der Waals surface area contributed by atoms with E-state index < -0.39 is 37.3 Å². The third-order valence-corrected chi connectivity index (χ3v) is 13.5. The molecule has 8 heteroatoms. The minimum atomic E-state index is -1.41. The zero-order chi connectivity index (χ0) is 28.9. The van der Waals surface area contributed by atoms with Crippen LogP contribution in [0, 0.1) is 46.3 Å². The standard InChI is InChI=1S/C33H52O8/c1-17-7-12-33(38-16-17)18(2)26-24(41-33)14-23-21-6-5-19-13-20(8-10-31(19,3)22(21)9-11-32(23,26)4)39-30-29(37)28(36)27(35)25(15-34)40-30/h5,17-18,20-30,34-37H,6-16H2,1-4H3/t17-,18+,20+,21-,22+,23+,24+,25-,26+,27-,28+,29-,30-,31+,32+,33-/m0/s1. The van der Waals surface area contributed by atoms with Gasteiger partial charge in [-0.3, -0.25) is 0 Å². The number of aliphatic hydroxyl groups is 4. The molecule has 7 aliphatic rings. The third kappa shape index (κ3) is 4.29. The van der Waals surface area contributed by atoms with Crippen LogP contribution in [0.5, 0.6) is 0 Å². The summed E-state index contributed by atoms with van der Waals surface area (Å²) < 4.78 is 25.3. The summed E-state index contributed by atoms with van der Waals surface area (Å²) in [6.45, 7) is 10.1. The van der Waals surface area contributed by atoms with Crippen molar-refractivity contribution in [2.75, 3.05) is 13.2 Å². The fraction of sp³-hybridized carbons (Fsp3) is 0.939. The van der Waals surface area contributed by atoms with Gasteiger partial charge >= 0.3 is 0 Å². The molecule has 0 bridgehead atoms. The van der Waals surface area contributed by atoms with Crippen LogP contribution in [0.25, 0.3) is 0 Å². The number of hydrogen-bond acceptors (Lipinski definition) is 8. The first-order valence-electron chi connectivity index (χ1n) is 16.5. The van der Waals surface area contributed by atoms with Gasteiger partial charge in [-0.05, 0) is 91.8 Å². The van der Waals surface area contributed by atoms with E-state index in [-0.39, 0.29) is 17.3 Å². The van der Waals surface area contributed by atoms with E-state index in [1.807, 2.05) is 0 Å². The van der Waals surface area contributed by atoms with Crippen LogP contribution >= 0.6 is 0 Å². The van der Waals surface area contributed by atoms with Gasteiger partial charge in [-0.25, -0.2) is 0 Å². The molecular weight excluding hydrogens is 524 g/mol. The van der Waals surface area contributed by atoms with Crippen LogP contribution in [-0.2, 0) is 18.9 Å². The smallest absolute Gasteiger partial charge is 0.186 e. The second-order valence-corrected chi connectivity index (χ2v) is 15.5. The Morgan fingerprint density at radius 3 is 2.51 bits per heavy atom. The molecule has 0 unspecified atom stereocenters. The van der Waals surface area contributed by atoms with E-state index in [0.29, 0.717) is 47.0 Å². The van der Waals surface area contributed by atoms with Crippen LogP contribution in [0.3, 0.4) is 0 Å². The Hall–Kier alpha value is -0.580. The zero-order valence-corrected chi connectivity index (χ0v) is 25.3. The highest BCUT2D eigenvalue weighted by molar-refractivity contribution is 5.26. The van der Waals surface area contributed by atoms with E-state index in [2.05, 4.69) is 33.8 Å². The zero-order valence-electron chi connectivity index (χ0n) is 25.3. The Kier molecular flexibility index (Phi) is 7.27. The lowest BCUT2D eigenvalue weighted by atomic mass is 9.47. The molecule has 3 heterocycles. The molecule has 3 saturated heterocycles. The van der Waals surface area contributed by atoms with E-state index in [1.165, 1.54) is 24.8 Å². The number of hydrogen-bond donors (Lipinski definition) is 4. The molecule has 1 spiro atoms. The minimum absolute atomic E-state index is 0.129. The van der Waals surface area contributed by atoms with Gasteiger partial charge < -0.3 is 39.4 Å². The third-order valence-electron chi connectivity index (χ3n) is 13.5. The van der Waals surface area contributed by atoms with E-state index in [0.717, 1.165) is 45.1 Å². The Bertz CT molecular complexity index is 1020. The number of fused-ring (bicyclic) bond motifs is 7.